The Labute approximate surface area is 227 Å². The molecule has 3 rings (SSSR count). The minimum absolute atomic E-state index is 0.109. The third-order valence-corrected chi connectivity index (χ3v) is 8.48. The predicted molar refractivity (Wildman–Crippen MR) is 151 cm³/mol. The zero-order chi connectivity index (χ0) is 26.7. The van der Waals surface area contributed by atoms with E-state index in [1.54, 1.807) is 18.9 Å². The van der Waals surface area contributed by atoms with E-state index < -0.39 is 17.7 Å². The Morgan fingerprint density at radius 1 is 1.03 bits per heavy atom. The zero-order valence-electron chi connectivity index (χ0n) is 23.2. The van der Waals surface area contributed by atoms with Crippen LogP contribution < -0.4 is 15.4 Å². The van der Waals surface area contributed by atoms with Gasteiger partial charge in [0, 0.05) is 18.8 Å². The van der Waals surface area contributed by atoms with Crippen molar-refractivity contribution < 1.29 is 19.1 Å². The molecule has 1 atom stereocenters. The van der Waals surface area contributed by atoms with E-state index in [1.807, 2.05) is 32.9 Å². The van der Waals surface area contributed by atoms with Crippen molar-refractivity contribution in [3.05, 3.63) is 29.8 Å². The van der Waals surface area contributed by atoms with E-state index in [9.17, 15) is 9.59 Å². The number of nitrogens with zero attached hydrogens (tertiary/aromatic N) is 1. The van der Waals surface area contributed by atoms with Crippen LogP contribution in [-0.4, -0.2) is 66.8 Å². The second kappa shape index (κ2) is 14.9. The van der Waals surface area contributed by atoms with E-state index in [2.05, 4.69) is 27.7 Å². The van der Waals surface area contributed by atoms with Crippen molar-refractivity contribution in [3.8, 4) is 5.75 Å². The number of rotatable bonds is 11. The van der Waals surface area contributed by atoms with E-state index in [1.165, 1.54) is 37.7 Å². The molecule has 0 unspecified atom stereocenters. The van der Waals surface area contributed by atoms with Crippen LogP contribution in [0.5, 0.6) is 5.75 Å². The summed E-state index contributed by atoms with van der Waals surface area (Å²) in [6.07, 6.45) is 8.09. The number of likely N-dealkylation sites (tertiary alicyclic amines) is 1. The Bertz CT molecular complexity index is 829. The molecule has 1 aromatic carbocycles. The number of ether oxygens (including phenoxy) is 2. The van der Waals surface area contributed by atoms with Gasteiger partial charge in [-0.3, -0.25) is 9.69 Å². The third-order valence-electron chi connectivity index (χ3n) is 7.21. The first-order chi connectivity index (χ1) is 17.7. The van der Waals surface area contributed by atoms with Crippen LogP contribution in [-0.2, 0) is 16.1 Å². The van der Waals surface area contributed by atoms with Gasteiger partial charge < -0.3 is 20.1 Å². The molecule has 0 aromatic heterocycles. The summed E-state index contributed by atoms with van der Waals surface area (Å²) in [5, 5.41) is 5.96. The van der Waals surface area contributed by atoms with Crippen LogP contribution in [0.4, 0.5) is 4.79 Å². The first-order valence-electron chi connectivity index (χ1n) is 13.9. The Morgan fingerprint density at radius 3 is 2.32 bits per heavy atom. The maximum absolute atomic E-state index is 13.1. The normalized spacial score (nSPS) is 18.7. The summed E-state index contributed by atoms with van der Waals surface area (Å²) in [7, 11) is 1.69. The molecule has 37 heavy (non-hydrogen) atoms. The molecule has 1 heterocycles. The molecule has 1 saturated heterocycles. The molecule has 2 fully saturated rings. The predicted octanol–water partition coefficient (Wildman–Crippen LogP) is 5.23. The monoisotopic (exact) mass is 533 g/mol. The smallest absolute Gasteiger partial charge is 0.408 e. The molecule has 7 nitrogen and oxygen atoms in total. The topological polar surface area (TPSA) is 79.9 Å². The summed E-state index contributed by atoms with van der Waals surface area (Å²) in [5.74, 6) is 3.57. The molecular weight excluding hydrogens is 486 g/mol. The first kappa shape index (κ1) is 29.6. The molecule has 2 N–H and O–H groups in total. The summed E-state index contributed by atoms with van der Waals surface area (Å²) in [6, 6.07) is 7.67. The lowest BCUT2D eigenvalue weighted by molar-refractivity contribution is -0.122. The van der Waals surface area contributed by atoms with E-state index in [4.69, 9.17) is 9.47 Å². The molecule has 1 saturated carbocycles. The Hall–Kier alpha value is -1.93. The van der Waals surface area contributed by atoms with Crippen molar-refractivity contribution in [1.82, 2.24) is 15.5 Å². The number of amides is 2. The number of carbonyl (C=O) groups excluding carboxylic acids is 2. The lowest BCUT2D eigenvalue weighted by atomic mass is 9.91. The number of hydrogen-bond acceptors (Lipinski definition) is 6. The minimum Gasteiger partial charge on any atom is -0.497 e. The zero-order valence-corrected chi connectivity index (χ0v) is 24.0. The van der Waals surface area contributed by atoms with Gasteiger partial charge >= 0.3 is 6.09 Å². The molecule has 1 aliphatic carbocycles. The maximum Gasteiger partial charge on any atom is 0.408 e. The number of thioether (sulfide) groups is 1. The summed E-state index contributed by atoms with van der Waals surface area (Å²) < 4.78 is 10.7. The average Bonchev–Trinajstić information content (AvgIpc) is 2.87. The number of alkyl carbamates (subject to hydrolysis) is 1. The van der Waals surface area contributed by atoms with Crippen LogP contribution in [0.15, 0.2) is 24.3 Å². The average molecular weight is 534 g/mol. The lowest BCUT2D eigenvalue weighted by Crippen LogP contribution is -2.51. The highest BCUT2D eigenvalue weighted by Crippen LogP contribution is 2.27. The summed E-state index contributed by atoms with van der Waals surface area (Å²) in [4.78, 5) is 28.0. The Morgan fingerprint density at radius 2 is 1.70 bits per heavy atom. The highest BCUT2D eigenvalue weighted by molar-refractivity contribution is 7.99. The number of methoxy groups -OCH3 is 1. The Kier molecular flexibility index (Phi) is 11.9. The van der Waals surface area contributed by atoms with Crippen LogP contribution in [0.1, 0.15) is 71.3 Å². The van der Waals surface area contributed by atoms with E-state index in [0.29, 0.717) is 18.2 Å². The van der Waals surface area contributed by atoms with Crippen molar-refractivity contribution in [2.24, 2.45) is 11.8 Å². The molecule has 2 amide bonds. The van der Waals surface area contributed by atoms with Crippen molar-refractivity contribution in [2.75, 3.05) is 38.2 Å². The van der Waals surface area contributed by atoms with E-state index >= 15 is 0 Å². The highest BCUT2D eigenvalue weighted by atomic mass is 32.2. The van der Waals surface area contributed by atoms with Gasteiger partial charge in [0.25, 0.3) is 0 Å². The van der Waals surface area contributed by atoms with Crippen molar-refractivity contribution >= 4 is 23.8 Å². The quantitative estimate of drug-likeness (QED) is 0.406. The molecule has 2 aliphatic rings. The van der Waals surface area contributed by atoms with Gasteiger partial charge in [0.15, 0.2) is 0 Å². The molecular formula is C29H47N3O4S. The number of carbonyl (C=O) groups is 2. The standard InChI is InChI=1S/C29H47N3O4S/c1-29(2,3)36-28(34)31-26(21-37-20-24-8-6-5-7-9-24)27(33)30-18-22-14-16-32(17-15-22)19-23-10-12-25(35-4)13-11-23/h10-13,22,24,26H,5-9,14-21H2,1-4H3,(H,30,33)(H,31,34)/t26-/m0/s1. The lowest BCUT2D eigenvalue weighted by Gasteiger charge is -2.32. The van der Waals surface area contributed by atoms with Crippen molar-refractivity contribution in [1.29, 1.82) is 0 Å². The van der Waals surface area contributed by atoms with Gasteiger partial charge in [0.2, 0.25) is 5.91 Å². The molecule has 8 heteroatoms. The van der Waals surface area contributed by atoms with Crippen LogP contribution in [0, 0.1) is 11.8 Å². The first-order valence-corrected chi connectivity index (χ1v) is 15.1. The minimum atomic E-state index is -0.597. The van der Waals surface area contributed by atoms with Crippen LogP contribution >= 0.6 is 11.8 Å². The number of benzene rings is 1. The second-order valence-electron chi connectivity index (χ2n) is 11.6. The third kappa shape index (κ3) is 11.1. The van der Waals surface area contributed by atoms with Gasteiger partial charge in [0.1, 0.15) is 17.4 Å². The molecule has 0 radical (unpaired) electrons. The molecule has 0 spiro atoms. The SMILES string of the molecule is COc1ccc(CN2CCC(CNC(=O)[C@H](CSCC3CCCCC3)NC(=O)OC(C)(C)C)CC2)cc1. The van der Waals surface area contributed by atoms with Gasteiger partial charge in [-0.1, -0.05) is 31.4 Å². The van der Waals surface area contributed by atoms with Gasteiger partial charge in [-0.2, -0.15) is 11.8 Å². The highest BCUT2D eigenvalue weighted by Gasteiger charge is 2.26. The van der Waals surface area contributed by atoms with Gasteiger partial charge in [-0.05, 0) is 94.8 Å². The summed E-state index contributed by atoms with van der Waals surface area (Å²) in [5.41, 5.74) is 0.689. The van der Waals surface area contributed by atoms with Crippen LogP contribution in [0.25, 0.3) is 0 Å². The molecule has 1 aromatic rings. The molecule has 1 aliphatic heterocycles. The summed E-state index contributed by atoms with van der Waals surface area (Å²) in [6.45, 7) is 9.12. The number of hydrogen-bond donors (Lipinski definition) is 2. The van der Waals surface area contributed by atoms with Gasteiger partial charge in [-0.25, -0.2) is 4.79 Å². The number of piperidine rings is 1. The van der Waals surface area contributed by atoms with Gasteiger partial charge in [-0.15, -0.1) is 0 Å². The van der Waals surface area contributed by atoms with Crippen molar-refractivity contribution in [3.63, 3.8) is 0 Å². The largest absolute Gasteiger partial charge is 0.497 e. The van der Waals surface area contributed by atoms with Crippen LogP contribution in [0.3, 0.4) is 0 Å². The fourth-order valence-electron chi connectivity index (χ4n) is 5.05. The Balaban J connectivity index is 1.43. The van der Waals surface area contributed by atoms with Crippen LogP contribution in [0.2, 0.25) is 0 Å². The second-order valence-corrected chi connectivity index (χ2v) is 12.6. The van der Waals surface area contributed by atoms with Crippen molar-refractivity contribution in [2.45, 2.75) is 83.9 Å². The number of nitrogens with one attached hydrogen (secondary N) is 2. The van der Waals surface area contributed by atoms with E-state index in [-0.39, 0.29) is 5.91 Å². The fourth-order valence-corrected chi connectivity index (χ4v) is 6.32. The maximum atomic E-state index is 13.1. The molecule has 208 valence electrons. The summed E-state index contributed by atoms with van der Waals surface area (Å²) >= 11 is 1.78. The van der Waals surface area contributed by atoms with E-state index in [0.717, 1.165) is 49.9 Å². The molecule has 0 bridgehead atoms. The van der Waals surface area contributed by atoms with Gasteiger partial charge in [0.05, 0.1) is 7.11 Å². The fraction of sp³-hybridized carbons (Fsp3) is 0.724.